The average Bonchev–Trinajstić information content (AvgIpc) is 3.32. The fourth-order valence-corrected chi connectivity index (χ4v) is 9.16. The number of nitrogens with zero attached hydrogens (tertiary/aromatic N) is 3. The first-order chi connectivity index (χ1) is 20.8. The van der Waals surface area contributed by atoms with Gasteiger partial charge in [0.2, 0.25) is 17.7 Å². The van der Waals surface area contributed by atoms with E-state index in [1.807, 2.05) is 99.7 Å². The number of amides is 3. The lowest BCUT2D eigenvalue weighted by Crippen LogP contribution is -2.57. The minimum atomic E-state index is -0.931. The number of aliphatic hydroxyl groups is 1. The predicted octanol–water partition coefficient (Wildman–Crippen LogP) is 3.90. The molecule has 2 fully saturated rings. The Labute approximate surface area is 257 Å². The van der Waals surface area contributed by atoms with Crippen molar-refractivity contribution >= 4 is 35.2 Å². The van der Waals surface area contributed by atoms with Crippen LogP contribution in [0.15, 0.2) is 78.9 Å². The first kappa shape index (κ1) is 29.5. The molecule has 0 radical (unpaired) electrons. The number of hydrogen-bond acceptors (Lipinski definition) is 6. The molecule has 9 heteroatoms. The molecule has 0 aromatic heterocycles. The molecule has 0 aliphatic carbocycles. The zero-order valence-corrected chi connectivity index (χ0v) is 25.7. The Morgan fingerprint density at radius 1 is 0.977 bits per heavy atom. The summed E-state index contributed by atoms with van der Waals surface area (Å²) in [6.45, 7) is 7.34. The van der Waals surface area contributed by atoms with E-state index in [1.54, 1.807) is 26.5 Å². The Morgan fingerprint density at radius 3 is 2.40 bits per heavy atom. The van der Waals surface area contributed by atoms with E-state index in [9.17, 15) is 19.5 Å². The predicted molar refractivity (Wildman–Crippen MR) is 168 cm³/mol. The highest BCUT2D eigenvalue weighted by Gasteiger charge is 2.71. The Balaban J connectivity index is 1.41. The van der Waals surface area contributed by atoms with Crippen molar-refractivity contribution < 1.29 is 24.2 Å². The second-order valence-electron chi connectivity index (χ2n) is 12.0. The van der Waals surface area contributed by atoms with E-state index >= 15 is 0 Å². The molecule has 226 valence electrons. The van der Waals surface area contributed by atoms with Crippen LogP contribution in [0.4, 0.5) is 5.69 Å². The number of rotatable bonds is 8. The summed E-state index contributed by atoms with van der Waals surface area (Å²) >= 11 is 1.56. The summed E-state index contributed by atoms with van der Waals surface area (Å²) < 4.78 is 4.66. The molecule has 0 saturated carbocycles. The van der Waals surface area contributed by atoms with Gasteiger partial charge in [0.05, 0.1) is 35.8 Å². The van der Waals surface area contributed by atoms with Crippen molar-refractivity contribution in [3.63, 3.8) is 0 Å². The van der Waals surface area contributed by atoms with Crippen molar-refractivity contribution in [1.29, 1.82) is 0 Å². The van der Waals surface area contributed by atoms with Gasteiger partial charge >= 0.3 is 0 Å². The minimum absolute atomic E-state index is 0.0849. The maximum absolute atomic E-state index is 14.6. The van der Waals surface area contributed by atoms with Crippen LogP contribution in [0, 0.1) is 17.8 Å². The summed E-state index contributed by atoms with van der Waals surface area (Å²) in [4.78, 5) is 48.8. The fraction of sp³-hybridized carbons (Fsp3) is 0.441. The zero-order chi connectivity index (χ0) is 30.3. The molecule has 4 aliphatic rings. The number of hydrogen-bond donors (Lipinski definition) is 1. The van der Waals surface area contributed by atoms with Crippen LogP contribution in [-0.4, -0.2) is 81.0 Å². The molecule has 1 spiro atoms. The molecule has 2 saturated heterocycles. The van der Waals surface area contributed by atoms with Crippen molar-refractivity contribution in [2.24, 2.45) is 17.8 Å². The molecule has 1 N–H and O–H groups in total. The average molecular weight is 602 g/mol. The first-order valence-corrected chi connectivity index (χ1v) is 16.0. The lowest BCUT2D eigenvalue weighted by Gasteiger charge is -2.39. The number of likely N-dealkylation sites (tertiary alicyclic amines) is 1. The second kappa shape index (κ2) is 11.8. The van der Waals surface area contributed by atoms with Crippen LogP contribution in [0.1, 0.15) is 26.3 Å². The SMILES string of the molecule is CCOc1ccc(N2CC=C[C@H]3S[C@]45C=CCN(Cc6ccccc6)C(=O)C4N([C@@H](CO)C(C)C)C(=O)[C@@H]5[C@H]3C2=O)cc1. The van der Waals surface area contributed by atoms with Crippen LogP contribution in [0.25, 0.3) is 0 Å². The molecule has 2 aromatic carbocycles. The van der Waals surface area contributed by atoms with Gasteiger partial charge in [0.15, 0.2) is 0 Å². The van der Waals surface area contributed by atoms with E-state index in [2.05, 4.69) is 0 Å². The van der Waals surface area contributed by atoms with Gasteiger partial charge in [-0.05, 0) is 42.7 Å². The van der Waals surface area contributed by atoms with Gasteiger partial charge in [0, 0.05) is 30.6 Å². The van der Waals surface area contributed by atoms with Crippen molar-refractivity contribution in [3.05, 3.63) is 84.5 Å². The molecular formula is C34H39N3O5S. The molecule has 4 heterocycles. The van der Waals surface area contributed by atoms with E-state index in [1.165, 1.54) is 0 Å². The van der Waals surface area contributed by atoms with Crippen LogP contribution in [0.3, 0.4) is 0 Å². The van der Waals surface area contributed by atoms with E-state index in [0.717, 1.165) is 17.0 Å². The molecule has 8 nitrogen and oxygen atoms in total. The maximum Gasteiger partial charge on any atom is 0.247 e. The topological polar surface area (TPSA) is 90.4 Å². The van der Waals surface area contributed by atoms with Crippen LogP contribution >= 0.6 is 11.8 Å². The molecule has 3 amide bonds. The number of carbonyl (C=O) groups excluding carboxylic acids is 3. The lowest BCUT2D eigenvalue weighted by molar-refractivity contribution is -0.146. The summed E-state index contributed by atoms with van der Waals surface area (Å²) in [5.41, 5.74) is 1.74. The smallest absolute Gasteiger partial charge is 0.247 e. The summed E-state index contributed by atoms with van der Waals surface area (Å²) in [5, 5.41) is 10.3. The Kier molecular flexibility index (Phi) is 8.13. The fourth-order valence-electron chi connectivity index (χ4n) is 7.17. The molecule has 6 rings (SSSR count). The number of benzene rings is 2. The third kappa shape index (κ3) is 4.96. The van der Waals surface area contributed by atoms with Gasteiger partial charge in [0.25, 0.3) is 0 Å². The van der Waals surface area contributed by atoms with Gasteiger partial charge < -0.3 is 24.5 Å². The summed E-state index contributed by atoms with van der Waals surface area (Å²) in [5.74, 6) is -1.25. The van der Waals surface area contributed by atoms with Gasteiger partial charge in [-0.2, -0.15) is 0 Å². The lowest BCUT2D eigenvalue weighted by atomic mass is 9.78. The van der Waals surface area contributed by atoms with Gasteiger partial charge in [-0.15, -0.1) is 11.8 Å². The summed E-state index contributed by atoms with van der Waals surface area (Å²) in [6, 6.07) is 15.9. The quantitative estimate of drug-likeness (QED) is 0.462. The number of thioether (sulfide) groups is 1. The van der Waals surface area contributed by atoms with Gasteiger partial charge in [-0.25, -0.2) is 0 Å². The second-order valence-corrected chi connectivity index (χ2v) is 13.5. The maximum atomic E-state index is 14.6. The largest absolute Gasteiger partial charge is 0.494 e. The first-order valence-electron chi connectivity index (χ1n) is 15.1. The molecule has 0 bridgehead atoms. The van der Waals surface area contributed by atoms with Crippen molar-refractivity contribution in [2.45, 2.75) is 49.4 Å². The summed E-state index contributed by atoms with van der Waals surface area (Å²) in [7, 11) is 0. The molecular weight excluding hydrogens is 562 g/mol. The Hall–Kier alpha value is -3.56. The summed E-state index contributed by atoms with van der Waals surface area (Å²) in [6.07, 6.45) is 8.06. The van der Waals surface area contributed by atoms with Crippen LogP contribution in [0.2, 0.25) is 0 Å². The normalized spacial score (nSPS) is 29.0. The zero-order valence-electron chi connectivity index (χ0n) is 24.8. The number of aliphatic hydroxyl groups excluding tert-OH is 1. The van der Waals surface area contributed by atoms with E-state index in [0.29, 0.717) is 26.2 Å². The van der Waals surface area contributed by atoms with Gasteiger partial charge in [-0.1, -0.05) is 68.5 Å². The number of fused-ring (bicyclic) bond motifs is 2. The highest BCUT2D eigenvalue weighted by molar-refractivity contribution is 8.02. The molecule has 6 atom stereocenters. The van der Waals surface area contributed by atoms with Gasteiger partial charge in [0.1, 0.15) is 11.8 Å². The number of carbonyl (C=O) groups is 3. The Morgan fingerprint density at radius 2 is 1.72 bits per heavy atom. The van der Waals surface area contributed by atoms with Crippen LogP contribution in [-0.2, 0) is 20.9 Å². The standard InChI is InChI=1S/C34H39N3O5S/c1-4-42-25-15-13-24(14-16-25)36-19-8-12-27-28(31(36)39)29-32(40)37(26(21-38)22(2)3)30-33(41)35(18-9-17-34(29,30)43-27)20-23-10-6-5-7-11-23/h5-17,22,26-30,38H,4,18-21H2,1-3H3/t26-,27+,28-,29-,30?,34-/m0/s1. The molecule has 43 heavy (non-hydrogen) atoms. The highest BCUT2D eigenvalue weighted by atomic mass is 32.2. The van der Waals surface area contributed by atoms with Crippen LogP contribution in [0.5, 0.6) is 5.75 Å². The molecule has 2 aromatic rings. The van der Waals surface area contributed by atoms with Crippen LogP contribution < -0.4 is 9.64 Å². The Bertz CT molecular complexity index is 1430. The van der Waals surface area contributed by atoms with E-state index in [4.69, 9.17) is 4.74 Å². The monoisotopic (exact) mass is 601 g/mol. The third-order valence-corrected chi connectivity index (χ3v) is 10.9. The molecule has 1 unspecified atom stereocenters. The van der Waals surface area contributed by atoms with Crippen molar-refractivity contribution in [2.75, 3.05) is 31.2 Å². The minimum Gasteiger partial charge on any atom is -0.494 e. The number of ether oxygens (including phenoxy) is 1. The van der Waals surface area contributed by atoms with E-state index in [-0.39, 0.29) is 35.5 Å². The number of anilines is 1. The van der Waals surface area contributed by atoms with E-state index < -0.39 is 28.7 Å². The molecule has 4 aliphatic heterocycles. The van der Waals surface area contributed by atoms with Crippen molar-refractivity contribution in [1.82, 2.24) is 9.80 Å². The third-order valence-electron chi connectivity index (χ3n) is 9.17. The van der Waals surface area contributed by atoms with Crippen molar-refractivity contribution in [3.8, 4) is 5.75 Å². The highest BCUT2D eigenvalue weighted by Crippen LogP contribution is 2.61. The van der Waals surface area contributed by atoms with Gasteiger partial charge in [-0.3, -0.25) is 14.4 Å².